The predicted octanol–water partition coefficient (Wildman–Crippen LogP) is 4.09. The first-order chi connectivity index (χ1) is 15.8. The lowest BCUT2D eigenvalue weighted by Gasteiger charge is -2.28. The molecule has 0 aliphatic carbocycles. The van der Waals surface area contributed by atoms with E-state index in [0.717, 1.165) is 16.0 Å². The first-order valence-electron chi connectivity index (χ1n) is 10.3. The van der Waals surface area contributed by atoms with Crippen LogP contribution in [-0.2, 0) is 14.4 Å². The van der Waals surface area contributed by atoms with E-state index in [4.69, 9.17) is 4.84 Å². The molecule has 2 aliphatic heterocycles. The van der Waals surface area contributed by atoms with Crippen LogP contribution >= 0.6 is 0 Å². The summed E-state index contributed by atoms with van der Waals surface area (Å²) < 4.78 is 13.4. The van der Waals surface area contributed by atoms with Crippen LogP contribution in [-0.4, -0.2) is 22.8 Å². The van der Waals surface area contributed by atoms with Gasteiger partial charge < -0.3 is 0 Å². The number of anilines is 2. The highest BCUT2D eigenvalue weighted by Crippen LogP contribution is 2.48. The van der Waals surface area contributed by atoms with Gasteiger partial charge in [0, 0.05) is 12.1 Å². The molecule has 0 N–H and O–H groups in total. The number of rotatable bonds is 4. The van der Waals surface area contributed by atoms with Gasteiger partial charge in [-0.05, 0) is 42.8 Å². The van der Waals surface area contributed by atoms with Gasteiger partial charge in [0.15, 0.2) is 6.10 Å². The highest BCUT2D eigenvalue weighted by Gasteiger charge is 2.60. The lowest BCUT2D eigenvalue weighted by molar-refractivity contribution is -0.384. The van der Waals surface area contributed by atoms with E-state index in [2.05, 4.69) is 0 Å². The number of carbonyl (C=O) groups excluding carboxylic acids is 2. The van der Waals surface area contributed by atoms with E-state index in [9.17, 15) is 24.1 Å². The van der Waals surface area contributed by atoms with Gasteiger partial charge in [0.05, 0.1) is 22.3 Å². The van der Waals surface area contributed by atoms with E-state index in [0.29, 0.717) is 5.69 Å². The zero-order valence-corrected chi connectivity index (χ0v) is 17.4. The molecule has 33 heavy (non-hydrogen) atoms. The number of hydrogen-bond donors (Lipinski definition) is 0. The van der Waals surface area contributed by atoms with Crippen molar-refractivity contribution in [1.29, 1.82) is 0 Å². The molecule has 0 radical (unpaired) electrons. The Kier molecular flexibility index (Phi) is 4.90. The number of nitro benzene ring substituents is 1. The summed E-state index contributed by atoms with van der Waals surface area (Å²) in [5.74, 6) is -2.41. The number of imide groups is 1. The van der Waals surface area contributed by atoms with Crippen molar-refractivity contribution in [2.45, 2.75) is 19.1 Å². The van der Waals surface area contributed by atoms with E-state index < -0.39 is 40.6 Å². The van der Waals surface area contributed by atoms with Gasteiger partial charge in [-0.25, -0.2) is 14.4 Å². The monoisotopic (exact) mass is 447 g/mol. The van der Waals surface area contributed by atoms with Crippen molar-refractivity contribution in [2.75, 3.05) is 9.96 Å². The normalized spacial score (nSPS) is 22.1. The third-order valence-corrected chi connectivity index (χ3v) is 5.91. The average Bonchev–Trinajstić information content (AvgIpc) is 3.31. The Morgan fingerprint density at radius 3 is 2.30 bits per heavy atom. The summed E-state index contributed by atoms with van der Waals surface area (Å²) >= 11 is 0. The van der Waals surface area contributed by atoms with Crippen LogP contribution in [0.25, 0.3) is 0 Å². The topological polar surface area (TPSA) is 93.0 Å². The third kappa shape index (κ3) is 3.42. The van der Waals surface area contributed by atoms with Gasteiger partial charge in [-0.3, -0.25) is 24.5 Å². The zero-order chi connectivity index (χ0) is 23.3. The Balaban J connectivity index is 1.59. The number of nitrogens with zero attached hydrogens (tertiary/aromatic N) is 3. The van der Waals surface area contributed by atoms with Crippen LogP contribution in [0.2, 0.25) is 0 Å². The van der Waals surface area contributed by atoms with Crippen molar-refractivity contribution >= 4 is 28.9 Å². The lowest BCUT2D eigenvalue weighted by Crippen LogP contribution is -2.37. The molecule has 2 amide bonds. The Bertz CT molecular complexity index is 1260. The molecule has 2 fully saturated rings. The van der Waals surface area contributed by atoms with Crippen molar-refractivity contribution in [3.05, 3.63) is 99.9 Å². The lowest BCUT2D eigenvalue weighted by atomic mass is 9.90. The van der Waals surface area contributed by atoms with Crippen molar-refractivity contribution in [2.24, 2.45) is 5.92 Å². The standard InChI is InChI=1S/C24H18FN3O5/c1-14-5-7-15(8-6-14)21-20-22(33-27(21)18-3-2-4-19(13-18)28(31)32)24(30)26(23(20)29)17-11-9-16(25)10-12-17/h2-13,20-22H,1H3/t20-,21+,22+/m1/s1. The predicted molar refractivity (Wildman–Crippen MR) is 117 cm³/mol. The van der Waals surface area contributed by atoms with Crippen molar-refractivity contribution in [3.8, 4) is 0 Å². The van der Waals surface area contributed by atoms with Gasteiger partial charge in [0.25, 0.3) is 11.6 Å². The number of non-ortho nitro benzene ring substituents is 1. The highest BCUT2D eigenvalue weighted by atomic mass is 19.1. The smallest absolute Gasteiger partial charge is 0.271 e. The average molecular weight is 447 g/mol. The number of amides is 2. The molecule has 2 heterocycles. The molecule has 3 aromatic carbocycles. The largest absolute Gasteiger partial charge is 0.273 e. The minimum Gasteiger partial charge on any atom is -0.273 e. The molecule has 5 rings (SSSR count). The second-order valence-electron chi connectivity index (χ2n) is 8.00. The molecule has 2 saturated heterocycles. The number of nitro groups is 1. The van der Waals surface area contributed by atoms with Crippen LogP contribution in [0, 0.1) is 28.8 Å². The molecule has 8 nitrogen and oxygen atoms in total. The summed E-state index contributed by atoms with van der Waals surface area (Å²) in [5.41, 5.74) is 2.22. The second kappa shape index (κ2) is 7.79. The molecule has 0 aromatic heterocycles. The Labute approximate surface area is 187 Å². The quantitative estimate of drug-likeness (QED) is 0.340. The maximum absolute atomic E-state index is 13.5. The van der Waals surface area contributed by atoms with Crippen LogP contribution in [0.3, 0.4) is 0 Å². The number of fused-ring (bicyclic) bond motifs is 1. The van der Waals surface area contributed by atoms with Crippen LogP contribution in [0.5, 0.6) is 0 Å². The van der Waals surface area contributed by atoms with Gasteiger partial charge in [-0.15, -0.1) is 0 Å². The number of benzene rings is 3. The number of aryl methyl sites for hydroxylation is 1. The SMILES string of the molecule is Cc1ccc([C@H]2[C@H]3C(=O)N(c4ccc(F)cc4)C(=O)[C@H]3ON2c2cccc([N+](=O)[O-])c2)cc1. The number of carbonyl (C=O) groups is 2. The summed E-state index contributed by atoms with van der Waals surface area (Å²) in [6.07, 6.45) is -1.12. The minimum absolute atomic E-state index is 0.138. The van der Waals surface area contributed by atoms with Crippen molar-refractivity contribution in [3.63, 3.8) is 0 Å². The van der Waals surface area contributed by atoms with Crippen molar-refractivity contribution in [1.82, 2.24) is 0 Å². The fourth-order valence-corrected chi connectivity index (χ4v) is 4.33. The van der Waals surface area contributed by atoms with E-state index in [1.165, 1.54) is 47.5 Å². The van der Waals surface area contributed by atoms with Crippen LogP contribution in [0.15, 0.2) is 72.8 Å². The number of hydroxylamine groups is 1. The molecule has 0 spiro atoms. The Morgan fingerprint density at radius 2 is 1.64 bits per heavy atom. The summed E-state index contributed by atoms with van der Waals surface area (Å²) in [7, 11) is 0. The summed E-state index contributed by atoms with van der Waals surface area (Å²) in [4.78, 5) is 44.5. The molecule has 3 aromatic rings. The second-order valence-corrected chi connectivity index (χ2v) is 8.00. The summed E-state index contributed by atoms with van der Waals surface area (Å²) in [6.45, 7) is 1.93. The van der Waals surface area contributed by atoms with Gasteiger partial charge in [0.1, 0.15) is 11.7 Å². The van der Waals surface area contributed by atoms with E-state index in [-0.39, 0.29) is 11.4 Å². The Hall–Kier alpha value is -4.11. The minimum atomic E-state index is -1.12. The van der Waals surface area contributed by atoms with Gasteiger partial charge in [-0.2, -0.15) is 0 Å². The van der Waals surface area contributed by atoms with Crippen LogP contribution < -0.4 is 9.96 Å². The molecular formula is C24H18FN3O5. The summed E-state index contributed by atoms with van der Waals surface area (Å²) in [6, 6.07) is 17.7. The maximum atomic E-state index is 13.5. The fourth-order valence-electron chi connectivity index (χ4n) is 4.33. The van der Waals surface area contributed by atoms with Crippen molar-refractivity contribution < 1.29 is 23.7 Å². The highest BCUT2D eigenvalue weighted by molar-refractivity contribution is 6.23. The van der Waals surface area contributed by atoms with Gasteiger partial charge in [-0.1, -0.05) is 35.9 Å². The summed E-state index contributed by atoms with van der Waals surface area (Å²) in [5, 5.41) is 12.7. The molecule has 2 aliphatic rings. The van der Waals surface area contributed by atoms with Gasteiger partial charge in [0.2, 0.25) is 5.91 Å². The zero-order valence-electron chi connectivity index (χ0n) is 17.4. The maximum Gasteiger partial charge on any atom is 0.271 e. The molecule has 0 saturated carbocycles. The molecule has 0 bridgehead atoms. The number of halogens is 1. The fraction of sp³-hybridized carbons (Fsp3) is 0.167. The van der Waals surface area contributed by atoms with E-state index >= 15 is 0 Å². The van der Waals surface area contributed by atoms with E-state index in [1.54, 1.807) is 6.07 Å². The van der Waals surface area contributed by atoms with Crippen LogP contribution in [0.1, 0.15) is 17.2 Å². The molecular weight excluding hydrogens is 429 g/mol. The van der Waals surface area contributed by atoms with Gasteiger partial charge >= 0.3 is 0 Å². The molecule has 9 heteroatoms. The third-order valence-electron chi connectivity index (χ3n) is 5.91. The number of hydrogen-bond acceptors (Lipinski definition) is 6. The van der Waals surface area contributed by atoms with Crippen LogP contribution in [0.4, 0.5) is 21.5 Å². The Morgan fingerprint density at radius 1 is 0.939 bits per heavy atom. The first kappa shape index (κ1) is 20.8. The van der Waals surface area contributed by atoms with E-state index in [1.807, 2.05) is 31.2 Å². The molecule has 3 atom stereocenters. The molecule has 0 unspecified atom stereocenters. The first-order valence-corrected chi connectivity index (χ1v) is 10.3. The molecule has 166 valence electrons.